The molecule has 0 spiro atoms. The number of para-hydroxylation sites is 1. The Balaban J connectivity index is 1.65. The number of amides is 2. The van der Waals surface area contributed by atoms with Crippen molar-refractivity contribution in [1.82, 2.24) is 14.7 Å². The molecule has 0 saturated heterocycles. The first-order chi connectivity index (χ1) is 19.3. The number of rotatable bonds is 6. The van der Waals surface area contributed by atoms with E-state index in [4.69, 9.17) is 4.74 Å². The monoisotopic (exact) mass is 536 g/mol. The van der Waals surface area contributed by atoms with Crippen LogP contribution < -0.4 is 4.74 Å². The fourth-order valence-corrected chi connectivity index (χ4v) is 4.45. The summed E-state index contributed by atoms with van der Waals surface area (Å²) in [6.45, 7) is 1.39. The summed E-state index contributed by atoms with van der Waals surface area (Å²) in [7, 11) is 1.37. The quantitative estimate of drug-likeness (QED) is 0.236. The lowest BCUT2D eigenvalue weighted by atomic mass is 9.93. The Labute approximate surface area is 228 Å². The number of halogens is 2. The highest BCUT2D eigenvalue weighted by molar-refractivity contribution is 6.19. The van der Waals surface area contributed by atoms with Gasteiger partial charge in [-0.05, 0) is 66.6 Å². The summed E-state index contributed by atoms with van der Waals surface area (Å²) < 4.78 is 34.7. The molecule has 0 fully saturated rings. The van der Waals surface area contributed by atoms with Crippen molar-refractivity contribution >= 4 is 17.9 Å². The van der Waals surface area contributed by atoms with Gasteiger partial charge in [0.1, 0.15) is 23.2 Å². The lowest BCUT2D eigenvalue weighted by Crippen LogP contribution is -2.42. The average Bonchev–Trinajstić information content (AvgIpc) is 3.39. The molecule has 0 atom stereocenters. The van der Waals surface area contributed by atoms with Crippen LogP contribution in [0.3, 0.4) is 0 Å². The number of benzene rings is 3. The number of aromatic nitrogens is 2. The fraction of sp³-hybridized carbons (Fsp3) is 0.0968. The zero-order valence-electron chi connectivity index (χ0n) is 21.6. The van der Waals surface area contributed by atoms with E-state index in [1.54, 1.807) is 23.0 Å². The number of ether oxygens (including phenoxy) is 1. The molecule has 1 aliphatic heterocycles. The number of hydrogen-bond acceptors (Lipinski definition) is 5. The fourth-order valence-electron chi connectivity index (χ4n) is 4.45. The Kier molecular flexibility index (Phi) is 7.08. The lowest BCUT2D eigenvalue weighted by molar-refractivity contribution is -0.141. The summed E-state index contributed by atoms with van der Waals surface area (Å²) in [4.78, 5) is 27.7. The largest absolute Gasteiger partial charge is 0.494 e. The smallest absolute Gasteiger partial charge is 0.271 e. The van der Waals surface area contributed by atoms with E-state index in [2.05, 4.69) is 5.10 Å². The first-order valence-corrected chi connectivity index (χ1v) is 12.2. The summed E-state index contributed by atoms with van der Waals surface area (Å²) in [5.74, 6) is -2.32. The van der Waals surface area contributed by atoms with Crippen molar-refractivity contribution in [3.8, 4) is 28.8 Å². The number of hydrogen-bond donors (Lipinski definition) is 0. The van der Waals surface area contributed by atoms with Crippen LogP contribution in [0.25, 0.3) is 23.0 Å². The Morgan fingerprint density at radius 1 is 1.00 bits per heavy atom. The van der Waals surface area contributed by atoms with Gasteiger partial charge in [-0.15, -0.1) is 0 Å². The molecule has 0 saturated carbocycles. The first kappa shape index (κ1) is 26.3. The summed E-state index contributed by atoms with van der Waals surface area (Å²) in [6.07, 6.45) is 3.23. The van der Waals surface area contributed by atoms with Gasteiger partial charge < -0.3 is 4.74 Å². The van der Waals surface area contributed by atoms with E-state index in [1.165, 1.54) is 50.4 Å². The van der Waals surface area contributed by atoms with Gasteiger partial charge in [-0.1, -0.05) is 30.3 Å². The van der Waals surface area contributed by atoms with Crippen molar-refractivity contribution in [1.29, 1.82) is 5.26 Å². The number of nitriles is 1. The Morgan fingerprint density at radius 3 is 2.38 bits per heavy atom. The van der Waals surface area contributed by atoms with Crippen molar-refractivity contribution in [2.75, 3.05) is 7.11 Å². The minimum atomic E-state index is -0.732. The molecular weight excluding hydrogens is 514 g/mol. The van der Waals surface area contributed by atoms with Crippen LogP contribution in [-0.2, 0) is 16.1 Å². The SMILES string of the molecule is COc1ccc(-c2nn(-c3ccccc3)cc2/C=C2/C(=O)N(Cc3ccc(F)cc3)C(=O)C(C#N)=C2C)cc1F. The van der Waals surface area contributed by atoms with Crippen molar-refractivity contribution in [2.45, 2.75) is 13.5 Å². The van der Waals surface area contributed by atoms with Crippen LogP contribution in [0, 0.1) is 23.0 Å². The van der Waals surface area contributed by atoms with Crippen molar-refractivity contribution in [3.05, 3.63) is 118 Å². The maximum absolute atomic E-state index is 14.7. The van der Waals surface area contributed by atoms with Gasteiger partial charge in [-0.2, -0.15) is 10.4 Å². The van der Waals surface area contributed by atoms with Gasteiger partial charge in [0.15, 0.2) is 11.6 Å². The molecule has 0 unspecified atom stereocenters. The highest BCUT2D eigenvalue weighted by Gasteiger charge is 2.35. The number of nitrogens with zero attached hydrogens (tertiary/aromatic N) is 4. The third-order valence-electron chi connectivity index (χ3n) is 6.57. The van der Waals surface area contributed by atoms with Gasteiger partial charge in [0, 0.05) is 22.9 Å². The van der Waals surface area contributed by atoms with Crippen LogP contribution in [0.5, 0.6) is 5.75 Å². The molecule has 3 aromatic carbocycles. The summed E-state index contributed by atoms with van der Waals surface area (Å²) >= 11 is 0. The van der Waals surface area contributed by atoms with Crippen LogP contribution in [0.15, 0.2) is 95.7 Å². The number of imide groups is 1. The molecule has 1 aliphatic rings. The van der Waals surface area contributed by atoms with Crippen LogP contribution in [0.4, 0.5) is 8.78 Å². The Hall–Kier alpha value is -5.36. The lowest BCUT2D eigenvalue weighted by Gasteiger charge is -2.27. The first-order valence-electron chi connectivity index (χ1n) is 12.2. The van der Waals surface area contributed by atoms with Gasteiger partial charge in [0.25, 0.3) is 11.8 Å². The minimum absolute atomic E-state index is 0.0704. The van der Waals surface area contributed by atoms with Crippen molar-refractivity contribution in [3.63, 3.8) is 0 Å². The predicted molar refractivity (Wildman–Crippen MR) is 144 cm³/mol. The molecule has 0 bridgehead atoms. The van der Waals surface area contributed by atoms with Crippen LogP contribution in [0.1, 0.15) is 18.1 Å². The zero-order chi connectivity index (χ0) is 28.4. The molecule has 198 valence electrons. The molecule has 0 aliphatic carbocycles. The van der Waals surface area contributed by atoms with Crippen LogP contribution in [0.2, 0.25) is 0 Å². The summed E-state index contributed by atoms with van der Waals surface area (Å²) in [6, 6.07) is 21.0. The molecule has 5 rings (SSSR count). The van der Waals surface area contributed by atoms with Crippen molar-refractivity contribution in [2.24, 2.45) is 0 Å². The number of carbonyl (C=O) groups excluding carboxylic acids is 2. The Bertz CT molecular complexity index is 1730. The normalized spacial score (nSPS) is 14.6. The van der Waals surface area contributed by atoms with E-state index < -0.39 is 23.4 Å². The number of carbonyl (C=O) groups is 2. The second kappa shape index (κ2) is 10.8. The third kappa shape index (κ3) is 4.90. The molecule has 0 radical (unpaired) electrons. The third-order valence-corrected chi connectivity index (χ3v) is 6.57. The molecule has 9 heteroatoms. The van der Waals surface area contributed by atoms with E-state index in [1.807, 2.05) is 36.4 Å². The maximum atomic E-state index is 14.7. The minimum Gasteiger partial charge on any atom is -0.494 e. The van der Waals surface area contributed by atoms with E-state index in [0.717, 1.165) is 10.6 Å². The molecule has 1 aromatic heterocycles. The van der Waals surface area contributed by atoms with E-state index in [9.17, 15) is 23.6 Å². The molecule has 40 heavy (non-hydrogen) atoms. The topological polar surface area (TPSA) is 88.2 Å². The van der Waals surface area contributed by atoms with Crippen molar-refractivity contribution < 1.29 is 23.1 Å². The van der Waals surface area contributed by atoms with Gasteiger partial charge in [0.05, 0.1) is 19.3 Å². The van der Waals surface area contributed by atoms with Gasteiger partial charge in [-0.25, -0.2) is 13.5 Å². The second-order valence-electron chi connectivity index (χ2n) is 9.06. The molecule has 0 N–H and O–H groups in total. The van der Waals surface area contributed by atoms with Gasteiger partial charge in [0.2, 0.25) is 0 Å². The van der Waals surface area contributed by atoms with Gasteiger partial charge in [-0.3, -0.25) is 14.5 Å². The molecule has 7 nitrogen and oxygen atoms in total. The van der Waals surface area contributed by atoms with Crippen LogP contribution >= 0.6 is 0 Å². The summed E-state index contributed by atoms with van der Waals surface area (Å²) in [5, 5.41) is 14.4. The zero-order valence-corrected chi connectivity index (χ0v) is 21.6. The molecule has 2 amide bonds. The standard InChI is InChI=1S/C31H22F2N4O3/c1-19-25(30(38)36(31(39)26(19)16-34)17-20-8-11-23(32)12-9-20)14-22-18-37(24-6-4-3-5-7-24)35-29(22)21-10-13-28(40-2)27(33)15-21/h3-15,18H,17H2,1-2H3/b25-14+. The average molecular weight is 537 g/mol. The predicted octanol–water partition coefficient (Wildman–Crippen LogP) is 5.62. The van der Waals surface area contributed by atoms with Crippen LogP contribution in [-0.4, -0.2) is 33.6 Å². The number of methoxy groups -OCH3 is 1. The highest BCUT2D eigenvalue weighted by atomic mass is 19.1. The summed E-state index contributed by atoms with van der Waals surface area (Å²) in [5.41, 5.74) is 2.67. The maximum Gasteiger partial charge on any atom is 0.271 e. The van der Waals surface area contributed by atoms with E-state index in [-0.39, 0.29) is 29.0 Å². The highest BCUT2D eigenvalue weighted by Crippen LogP contribution is 2.33. The molecule has 2 heterocycles. The van der Waals surface area contributed by atoms with E-state index >= 15 is 0 Å². The molecular formula is C31H22F2N4O3. The molecule has 4 aromatic rings. The Morgan fingerprint density at radius 2 is 1.73 bits per heavy atom. The van der Waals surface area contributed by atoms with Gasteiger partial charge >= 0.3 is 0 Å². The second-order valence-corrected chi connectivity index (χ2v) is 9.06. The van der Waals surface area contributed by atoms with E-state index in [0.29, 0.717) is 22.4 Å².